The molecule has 0 atom stereocenters. The first kappa shape index (κ1) is 21.9. The van der Waals surface area contributed by atoms with Crippen molar-refractivity contribution in [3.63, 3.8) is 0 Å². The second-order valence-corrected chi connectivity index (χ2v) is 11.0. The van der Waals surface area contributed by atoms with Gasteiger partial charge in [-0.2, -0.15) is 0 Å². The average Bonchev–Trinajstić information content (AvgIpc) is 3.23. The fraction of sp³-hybridized carbons (Fsp3) is 0.391. The summed E-state index contributed by atoms with van der Waals surface area (Å²) in [6, 6.07) is 11.9. The van der Waals surface area contributed by atoms with Crippen LogP contribution in [0.1, 0.15) is 48.5 Å². The highest BCUT2D eigenvalue weighted by Gasteiger charge is 2.33. The lowest BCUT2D eigenvalue weighted by atomic mass is 9.87. The molecule has 0 saturated carbocycles. The number of rotatable bonds is 6. The van der Waals surface area contributed by atoms with Crippen LogP contribution in [0.2, 0.25) is 0 Å². The van der Waals surface area contributed by atoms with Crippen LogP contribution < -0.4 is 0 Å². The van der Waals surface area contributed by atoms with E-state index in [1.54, 1.807) is 46.8 Å². The first-order chi connectivity index (χ1) is 14.8. The van der Waals surface area contributed by atoms with Gasteiger partial charge in [0.05, 0.1) is 32.0 Å². The third kappa shape index (κ3) is 4.66. The van der Waals surface area contributed by atoms with Crippen molar-refractivity contribution in [3.05, 3.63) is 59.1 Å². The predicted octanol–water partition coefficient (Wildman–Crippen LogP) is 4.04. The van der Waals surface area contributed by atoms with Gasteiger partial charge in [-0.3, -0.25) is 4.79 Å². The number of aliphatic hydroxyl groups is 1. The molecule has 0 bridgehead atoms. The maximum absolute atomic E-state index is 13.0. The minimum atomic E-state index is -3.56. The topological polar surface area (TPSA) is 87.6 Å². The van der Waals surface area contributed by atoms with Gasteiger partial charge in [0.15, 0.2) is 9.84 Å². The van der Waals surface area contributed by atoms with Gasteiger partial charge in [0.1, 0.15) is 0 Å². The number of benzene rings is 2. The van der Waals surface area contributed by atoms with Crippen LogP contribution in [0.4, 0.5) is 0 Å². The highest BCUT2D eigenvalue weighted by molar-refractivity contribution is 7.90. The Kier molecular flexibility index (Phi) is 6.14. The van der Waals surface area contributed by atoms with Gasteiger partial charge >= 0.3 is 0 Å². The highest BCUT2D eigenvalue weighted by Crippen LogP contribution is 2.29. The SMILES string of the molecule is CCCC1(O)CCN(C(=O)c2ccc(CS(=O)(=O)c3cccc4scnc34)cc2)CC1. The molecule has 1 amide bonds. The molecule has 1 saturated heterocycles. The predicted molar refractivity (Wildman–Crippen MR) is 122 cm³/mol. The molecular formula is C23H26N2O4S2. The summed E-state index contributed by atoms with van der Waals surface area (Å²) in [5.41, 5.74) is 2.65. The highest BCUT2D eigenvalue weighted by atomic mass is 32.2. The number of likely N-dealkylation sites (tertiary alicyclic amines) is 1. The van der Waals surface area contributed by atoms with E-state index in [2.05, 4.69) is 11.9 Å². The molecule has 0 aliphatic carbocycles. The van der Waals surface area contributed by atoms with Crippen LogP contribution in [0.5, 0.6) is 0 Å². The molecule has 2 heterocycles. The van der Waals surface area contributed by atoms with E-state index in [9.17, 15) is 18.3 Å². The fourth-order valence-electron chi connectivity index (χ4n) is 4.18. The fourth-order valence-corrected chi connectivity index (χ4v) is 6.47. The third-order valence-electron chi connectivity index (χ3n) is 5.91. The summed E-state index contributed by atoms with van der Waals surface area (Å²) in [4.78, 5) is 19.0. The van der Waals surface area contributed by atoms with Crippen molar-refractivity contribution in [3.8, 4) is 0 Å². The Labute approximate surface area is 186 Å². The summed E-state index contributed by atoms with van der Waals surface area (Å²) in [5.74, 6) is -0.230. The van der Waals surface area contributed by atoms with Crippen molar-refractivity contribution in [2.24, 2.45) is 0 Å². The largest absolute Gasteiger partial charge is 0.390 e. The number of carbonyl (C=O) groups is 1. The minimum absolute atomic E-state index is 0.0832. The molecule has 0 radical (unpaired) electrons. The number of thiazole rings is 1. The molecule has 1 aromatic heterocycles. The van der Waals surface area contributed by atoms with Gasteiger partial charge in [-0.05, 0) is 49.1 Å². The van der Waals surface area contributed by atoms with E-state index in [-0.39, 0.29) is 16.6 Å². The lowest BCUT2D eigenvalue weighted by molar-refractivity contribution is -0.0233. The summed E-state index contributed by atoms with van der Waals surface area (Å²) in [6.07, 6.45) is 2.86. The number of fused-ring (bicyclic) bond motifs is 1. The van der Waals surface area contributed by atoms with E-state index in [1.165, 1.54) is 11.3 Å². The van der Waals surface area contributed by atoms with Gasteiger partial charge in [0.25, 0.3) is 5.91 Å². The molecule has 1 N–H and O–H groups in total. The summed E-state index contributed by atoms with van der Waals surface area (Å²) in [7, 11) is -3.56. The van der Waals surface area contributed by atoms with E-state index in [4.69, 9.17) is 0 Å². The Morgan fingerprint density at radius 1 is 1.16 bits per heavy atom. The van der Waals surface area contributed by atoms with Gasteiger partial charge in [-0.1, -0.05) is 31.5 Å². The average molecular weight is 459 g/mol. The van der Waals surface area contributed by atoms with Crippen LogP contribution in [0.3, 0.4) is 0 Å². The Morgan fingerprint density at radius 2 is 1.87 bits per heavy atom. The minimum Gasteiger partial charge on any atom is -0.390 e. The molecule has 0 spiro atoms. The summed E-state index contributed by atoms with van der Waals surface area (Å²) in [5, 5.41) is 10.5. The normalized spacial score (nSPS) is 16.5. The van der Waals surface area contributed by atoms with Crippen LogP contribution in [-0.4, -0.2) is 48.0 Å². The Morgan fingerprint density at radius 3 is 2.55 bits per heavy atom. The van der Waals surface area contributed by atoms with Crippen molar-refractivity contribution < 1.29 is 18.3 Å². The lowest BCUT2D eigenvalue weighted by Gasteiger charge is -2.38. The Balaban J connectivity index is 1.45. The lowest BCUT2D eigenvalue weighted by Crippen LogP contribution is -2.46. The maximum Gasteiger partial charge on any atom is 0.253 e. The number of sulfone groups is 1. The molecule has 6 nitrogen and oxygen atoms in total. The first-order valence-electron chi connectivity index (χ1n) is 10.5. The van der Waals surface area contributed by atoms with Gasteiger partial charge in [0, 0.05) is 18.7 Å². The van der Waals surface area contributed by atoms with Crippen LogP contribution in [0.15, 0.2) is 52.9 Å². The molecule has 1 aliphatic rings. The van der Waals surface area contributed by atoms with Crippen LogP contribution >= 0.6 is 11.3 Å². The molecule has 1 aliphatic heterocycles. The molecular weight excluding hydrogens is 432 g/mol. The van der Waals surface area contributed by atoms with E-state index in [0.29, 0.717) is 42.6 Å². The third-order valence-corrected chi connectivity index (χ3v) is 8.42. The van der Waals surface area contributed by atoms with Crippen molar-refractivity contribution in [1.29, 1.82) is 0 Å². The summed E-state index contributed by atoms with van der Waals surface area (Å²) < 4.78 is 26.8. The van der Waals surface area contributed by atoms with E-state index in [1.807, 2.05) is 6.07 Å². The van der Waals surface area contributed by atoms with Crippen LogP contribution in [-0.2, 0) is 15.6 Å². The first-order valence-corrected chi connectivity index (χ1v) is 13.0. The number of para-hydroxylation sites is 1. The Bertz CT molecular complexity index is 1180. The van der Waals surface area contributed by atoms with Crippen molar-refractivity contribution in [1.82, 2.24) is 9.88 Å². The van der Waals surface area contributed by atoms with E-state index >= 15 is 0 Å². The molecule has 31 heavy (non-hydrogen) atoms. The monoisotopic (exact) mass is 458 g/mol. The standard InChI is InChI=1S/C23H26N2O4S2/c1-2-10-23(27)11-13-25(14-12-23)22(26)18-8-6-17(7-9-18)15-31(28,29)20-5-3-4-19-21(20)24-16-30-19/h3-9,16,27H,2,10-15H2,1H3. The molecule has 3 aromatic rings. The summed E-state index contributed by atoms with van der Waals surface area (Å²) >= 11 is 1.41. The Hall–Kier alpha value is -2.29. The molecule has 4 rings (SSSR count). The number of aromatic nitrogens is 1. The van der Waals surface area contributed by atoms with E-state index in [0.717, 1.165) is 17.5 Å². The van der Waals surface area contributed by atoms with Crippen LogP contribution in [0, 0.1) is 0 Å². The van der Waals surface area contributed by atoms with Crippen LogP contribution in [0.25, 0.3) is 10.2 Å². The maximum atomic E-state index is 13.0. The number of amides is 1. The smallest absolute Gasteiger partial charge is 0.253 e. The molecule has 1 fully saturated rings. The van der Waals surface area contributed by atoms with Crippen molar-refractivity contribution in [2.75, 3.05) is 13.1 Å². The molecule has 164 valence electrons. The number of nitrogens with zero attached hydrogens (tertiary/aromatic N) is 2. The second-order valence-electron chi connectivity index (χ2n) is 8.18. The number of hydrogen-bond acceptors (Lipinski definition) is 6. The van der Waals surface area contributed by atoms with Gasteiger partial charge in [0.2, 0.25) is 0 Å². The zero-order chi connectivity index (χ0) is 22.1. The molecule has 8 heteroatoms. The van der Waals surface area contributed by atoms with Gasteiger partial charge < -0.3 is 10.0 Å². The van der Waals surface area contributed by atoms with Gasteiger partial charge in [-0.15, -0.1) is 11.3 Å². The zero-order valence-electron chi connectivity index (χ0n) is 17.5. The molecule has 2 aromatic carbocycles. The second kappa shape index (κ2) is 8.68. The number of piperidine rings is 1. The number of hydrogen-bond donors (Lipinski definition) is 1. The summed E-state index contributed by atoms with van der Waals surface area (Å²) in [6.45, 7) is 3.11. The zero-order valence-corrected chi connectivity index (χ0v) is 19.1. The van der Waals surface area contributed by atoms with E-state index < -0.39 is 15.4 Å². The van der Waals surface area contributed by atoms with Gasteiger partial charge in [-0.25, -0.2) is 13.4 Å². The quantitative estimate of drug-likeness (QED) is 0.602. The molecule has 0 unspecified atom stereocenters. The number of carbonyl (C=O) groups excluding carboxylic acids is 1. The van der Waals surface area contributed by atoms with Crippen molar-refractivity contribution >= 4 is 37.3 Å². The van der Waals surface area contributed by atoms with Crippen molar-refractivity contribution in [2.45, 2.75) is 48.9 Å².